The largest absolute Gasteiger partial charge is 0.378 e. The molecule has 0 saturated heterocycles. The van der Waals surface area contributed by atoms with Crippen molar-refractivity contribution in [2.45, 2.75) is 38.8 Å². The van der Waals surface area contributed by atoms with Gasteiger partial charge < -0.3 is 4.74 Å². The van der Waals surface area contributed by atoms with E-state index in [0.717, 1.165) is 22.0 Å². The first-order valence-electron chi connectivity index (χ1n) is 5.67. The monoisotopic (exact) mass is 250 g/mol. The van der Waals surface area contributed by atoms with Gasteiger partial charge in [-0.3, -0.25) is 0 Å². The summed E-state index contributed by atoms with van der Waals surface area (Å²) in [7, 11) is 0. The van der Waals surface area contributed by atoms with Gasteiger partial charge in [-0.2, -0.15) is 5.26 Å². The van der Waals surface area contributed by atoms with Crippen LogP contribution in [0.15, 0.2) is 11.1 Å². The third kappa shape index (κ3) is 4.37. The lowest BCUT2D eigenvalue weighted by Crippen LogP contribution is -2.06. The molecule has 0 unspecified atom stereocenters. The van der Waals surface area contributed by atoms with Crippen LogP contribution in [0.3, 0.4) is 0 Å². The van der Waals surface area contributed by atoms with Crippen molar-refractivity contribution in [1.29, 1.82) is 5.26 Å². The van der Waals surface area contributed by atoms with Crippen molar-refractivity contribution in [3.8, 4) is 6.07 Å². The van der Waals surface area contributed by atoms with Crippen molar-refractivity contribution in [2.75, 3.05) is 12.4 Å². The fourth-order valence-corrected chi connectivity index (χ4v) is 2.40. The van der Waals surface area contributed by atoms with E-state index >= 15 is 0 Å². The minimum atomic E-state index is 0.248. The number of rotatable bonds is 5. The summed E-state index contributed by atoms with van der Waals surface area (Å²) >= 11 is 1.58. The molecule has 0 fully saturated rings. The number of aryl methyl sites for hydroxylation is 2. The first-order chi connectivity index (χ1) is 8.04. The van der Waals surface area contributed by atoms with Gasteiger partial charge in [-0.25, -0.2) is 4.98 Å². The molecule has 1 aromatic rings. The summed E-state index contributed by atoms with van der Waals surface area (Å²) in [5.41, 5.74) is 2.63. The molecule has 0 atom stereocenters. The average molecular weight is 250 g/mol. The van der Waals surface area contributed by atoms with Crippen LogP contribution in [0.2, 0.25) is 0 Å². The summed E-state index contributed by atoms with van der Waals surface area (Å²) in [6.45, 7) is 8.60. The minimum absolute atomic E-state index is 0.248. The highest BCUT2D eigenvalue weighted by molar-refractivity contribution is 7.99. The van der Waals surface area contributed by atoms with Crippen LogP contribution in [-0.2, 0) is 4.74 Å². The van der Waals surface area contributed by atoms with E-state index in [-0.39, 0.29) is 6.10 Å². The maximum Gasteiger partial charge on any atom is 0.114 e. The quantitative estimate of drug-likeness (QED) is 0.595. The summed E-state index contributed by atoms with van der Waals surface area (Å²) in [5.74, 6) is 0.822. The molecule has 0 radical (unpaired) electrons. The Balaban J connectivity index is 2.67. The molecule has 1 rings (SSSR count). The number of thioether (sulfide) groups is 1. The number of ether oxygens (including phenoxy) is 1. The lowest BCUT2D eigenvalue weighted by molar-refractivity contribution is 0.0920. The molecule has 0 aliphatic rings. The molecule has 4 heteroatoms. The molecule has 0 amide bonds. The van der Waals surface area contributed by atoms with Crippen molar-refractivity contribution >= 4 is 11.8 Å². The van der Waals surface area contributed by atoms with Crippen LogP contribution in [-0.4, -0.2) is 23.4 Å². The Morgan fingerprint density at radius 3 is 2.76 bits per heavy atom. The second-order valence-electron chi connectivity index (χ2n) is 4.14. The second kappa shape index (κ2) is 6.63. The maximum atomic E-state index is 9.10. The van der Waals surface area contributed by atoms with Crippen LogP contribution in [0.1, 0.15) is 30.7 Å². The van der Waals surface area contributed by atoms with Crippen molar-refractivity contribution in [1.82, 2.24) is 4.98 Å². The standard InChI is InChI=1S/C13H18N2OS/c1-9(2)16-5-6-17-13-12(8-14)10(3)7-11(4)15-13/h7,9H,5-6H2,1-4H3. The zero-order valence-corrected chi connectivity index (χ0v) is 11.6. The fourth-order valence-electron chi connectivity index (χ4n) is 1.47. The van der Waals surface area contributed by atoms with Crippen molar-refractivity contribution in [3.05, 3.63) is 22.9 Å². The van der Waals surface area contributed by atoms with Crippen molar-refractivity contribution < 1.29 is 4.74 Å². The Kier molecular flexibility index (Phi) is 5.46. The van der Waals surface area contributed by atoms with E-state index in [9.17, 15) is 0 Å². The van der Waals surface area contributed by atoms with Gasteiger partial charge in [0.05, 0.1) is 18.3 Å². The molecule has 0 N–H and O–H groups in total. The van der Waals surface area contributed by atoms with Crippen LogP contribution < -0.4 is 0 Å². The third-order valence-corrected chi connectivity index (χ3v) is 3.14. The maximum absolute atomic E-state index is 9.10. The zero-order chi connectivity index (χ0) is 12.8. The van der Waals surface area contributed by atoms with Crippen LogP contribution in [0.25, 0.3) is 0 Å². The molecule has 1 aromatic heterocycles. The topological polar surface area (TPSA) is 45.9 Å². The van der Waals surface area contributed by atoms with Gasteiger partial charge in [0.25, 0.3) is 0 Å². The van der Waals surface area contributed by atoms with E-state index in [4.69, 9.17) is 10.00 Å². The second-order valence-corrected chi connectivity index (χ2v) is 5.22. The first kappa shape index (κ1) is 14.0. The van der Waals surface area contributed by atoms with Crippen LogP contribution in [0.4, 0.5) is 0 Å². The lowest BCUT2D eigenvalue weighted by Gasteiger charge is -2.09. The lowest BCUT2D eigenvalue weighted by atomic mass is 10.1. The number of pyridine rings is 1. The van der Waals surface area contributed by atoms with Gasteiger partial charge in [0.2, 0.25) is 0 Å². The molecular formula is C13H18N2OS. The Bertz CT molecular complexity index is 424. The molecule has 0 bridgehead atoms. The molecule has 92 valence electrons. The number of hydrogen-bond donors (Lipinski definition) is 0. The van der Waals surface area contributed by atoms with E-state index in [1.54, 1.807) is 11.8 Å². The van der Waals surface area contributed by atoms with E-state index in [0.29, 0.717) is 12.2 Å². The summed E-state index contributed by atoms with van der Waals surface area (Å²) in [6.07, 6.45) is 0.248. The molecular weight excluding hydrogens is 232 g/mol. The van der Waals surface area contributed by atoms with Crippen LogP contribution in [0, 0.1) is 25.2 Å². The Morgan fingerprint density at radius 2 is 2.18 bits per heavy atom. The Hall–Kier alpha value is -1.05. The Labute approximate surface area is 107 Å². The number of hydrogen-bond acceptors (Lipinski definition) is 4. The number of nitriles is 1. The highest BCUT2D eigenvalue weighted by Gasteiger charge is 2.08. The molecule has 3 nitrogen and oxygen atoms in total. The summed E-state index contributed by atoms with van der Waals surface area (Å²) in [6, 6.07) is 4.15. The molecule has 0 spiro atoms. The fraction of sp³-hybridized carbons (Fsp3) is 0.538. The van der Waals surface area contributed by atoms with E-state index in [1.165, 1.54) is 0 Å². The predicted octanol–water partition coefficient (Wildman–Crippen LogP) is 3.09. The van der Waals surface area contributed by atoms with Crippen LogP contribution in [0.5, 0.6) is 0 Å². The molecule has 1 heterocycles. The Morgan fingerprint density at radius 1 is 1.47 bits per heavy atom. The minimum Gasteiger partial charge on any atom is -0.378 e. The average Bonchev–Trinajstić information content (AvgIpc) is 2.23. The first-order valence-corrected chi connectivity index (χ1v) is 6.66. The molecule has 17 heavy (non-hydrogen) atoms. The molecule has 0 aliphatic heterocycles. The smallest absolute Gasteiger partial charge is 0.114 e. The molecule has 0 aromatic carbocycles. The zero-order valence-electron chi connectivity index (χ0n) is 10.8. The van der Waals surface area contributed by atoms with Crippen LogP contribution >= 0.6 is 11.8 Å². The van der Waals surface area contributed by atoms with Crippen molar-refractivity contribution in [3.63, 3.8) is 0 Å². The van der Waals surface area contributed by atoms with Crippen molar-refractivity contribution in [2.24, 2.45) is 0 Å². The SMILES string of the molecule is Cc1cc(C)c(C#N)c(SCCOC(C)C)n1. The number of nitrogens with zero attached hydrogens (tertiary/aromatic N) is 2. The van der Waals surface area contributed by atoms with Gasteiger partial charge in [0.15, 0.2) is 0 Å². The third-order valence-electron chi connectivity index (χ3n) is 2.20. The van der Waals surface area contributed by atoms with Gasteiger partial charge in [-0.05, 0) is 39.3 Å². The number of aromatic nitrogens is 1. The molecule has 0 saturated carbocycles. The van der Waals surface area contributed by atoms with Gasteiger partial charge >= 0.3 is 0 Å². The van der Waals surface area contributed by atoms with E-state index in [2.05, 4.69) is 11.1 Å². The highest BCUT2D eigenvalue weighted by Crippen LogP contribution is 2.23. The highest BCUT2D eigenvalue weighted by atomic mass is 32.2. The van der Waals surface area contributed by atoms with E-state index in [1.807, 2.05) is 33.8 Å². The van der Waals surface area contributed by atoms with Gasteiger partial charge in [-0.1, -0.05) is 0 Å². The van der Waals surface area contributed by atoms with Gasteiger partial charge in [-0.15, -0.1) is 11.8 Å². The van der Waals surface area contributed by atoms with Gasteiger partial charge in [0, 0.05) is 11.4 Å². The normalized spacial score (nSPS) is 10.6. The summed E-state index contributed by atoms with van der Waals surface area (Å²) in [4.78, 5) is 4.41. The summed E-state index contributed by atoms with van der Waals surface area (Å²) < 4.78 is 5.47. The summed E-state index contributed by atoms with van der Waals surface area (Å²) in [5, 5.41) is 9.92. The van der Waals surface area contributed by atoms with Gasteiger partial charge in [0.1, 0.15) is 11.1 Å². The molecule has 0 aliphatic carbocycles. The van der Waals surface area contributed by atoms with E-state index < -0.39 is 0 Å². The predicted molar refractivity (Wildman–Crippen MR) is 70.2 cm³/mol.